The number of ether oxygens (including phenoxy) is 2. The Morgan fingerprint density at radius 1 is 1.19 bits per heavy atom. The van der Waals surface area contributed by atoms with Crippen LogP contribution in [0.1, 0.15) is 64.1 Å². The summed E-state index contributed by atoms with van der Waals surface area (Å²) in [5.41, 5.74) is 0.496. The van der Waals surface area contributed by atoms with Crippen molar-refractivity contribution in [2.24, 2.45) is 17.8 Å². The molecule has 2 unspecified atom stereocenters. The summed E-state index contributed by atoms with van der Waals surface area (Å²) in [5.74, 6) is 3.17. The highest BCUT2D eigenvalue weighted by molar-refractivity contribution is 5.72. The van der Waals surface area contributed by atoms with Gasteiger partial charge in [0.05, 0.1) is 24.5 Å². The van der Waals surface area contributed by atoms with Crippen LogP contribution >= 0.6 is 0 Å². The van der Waals surface area contributed by atoms with Crippen molar-refractivity contribution in [2.75, 3.05) is 23.8 Å². The van der Waals surface area contributed by atoms with Crippen molar-refractivity contribution in [3.63, 3.8) is 0 Å². The van der Waals surface area contributed by atoms with Gasteiger partial charge in [0.25, 0.3) is 0 Å². The molecule has 37 heavy (non-hydrogen) atoms. The number of carbonyl (C=O) groups is 1. The lowest BCUT2D eigenvalue weighted by molar-refractivity contribution is -0.129. The Kier molecular flexibility index (Phi) is 5.65. The van der Waals surface area contributed by atoms with E-state index < -0.39 is 11.7 Å². The molecule has 4 bridgehead atoms. The second kappa shape index (κ2) is 8.56. The zero-order valence-corrected chi connectivity index (χ0v) is 21.8. The molecule has 4 N–H and O–H groups in total. The predicted molar refractivity (Wildman–Crippen MR) is 136 cm³/mol. The molecule has 11 heteroatoms. The third-order valence-electron chi connectivity index (χ3n) is 8.43. The molecule has 0 aromatic carbocycles. The zero-order valence-electron chi connectivity index (χ0n) is 21.8. The molecule has 3 heterocycles. The fourth-order valence-electron chi connectivity index (χ4n) is 7.23. The van der Waals surface area contributed by atoms with Crippen LogP contribution in [0.3, 0.4) is 0 Å². The van der Waals surface area contributed by atoms with E-state index in [0.29, 0.717) is 60.1 Å². The first-order valence-corrected chi connectivity index (χ1v) is 13.2. The summed E-state index contributed by atoms with van der Waals surface area (Å²) >= 11 is 0. The average Bonchev–Trinajstić information content (AvgIpc) is 3.08. The summed E-state index contributed by atoms with van der Waals surface area (Å²) < 4.78 is 12.3. The van der Waals surface area contributed by atoms with E-state index >= 15 is 0 Å². The van der Waals surface area contributed by atoms with Gasteiger partial charge in [-0.15, -0.1) is 5.10 Å². The molecule has 1 saturated heterocycles. The van der Waals surface area contributed by atoms with E-state index in [1.54, 1.807) is 13.0 Å². The van der Waals surface area contributed by atoms with Gasteiger partial charge < -0.3 is 30.3 Å². The van der Waals surface area contributed by atoms with Crippen molar-refractivity contribution in [1.82, 2.24) is 19.7 Å². The summed E-state index contributed by atoms with van der Waals surface area (Å²) in [6.45, 7) is 8.84. The number of carboxylic acid groups (broad SMARTS) is 1. The third kappa shape index (κ3) is 4.52. The van der Waals surface area contributed by atoms with Gasteiger partial charge in [0.2, 0.25) is 11.8 Å². The van der Waals surface area contributed by atoms with Gasteiger partial charge >= 0.3 is 6.09 Å². The number of anilines is 3. The topological polar surface area (TPSA) is 144 Å². The number of nitrogens with zero attached hydrogens (tertiary/aromatic N) is 4. The SMILES string of the molecule is Cc1c(C(C)(C)C)c(Nc2cc(OC3COC3)nc(NC3C4CC5CC3CC(O)(C5)C4)n2)nn1C(=O)O. The molecular formula is C26H36N6O5. The molecule has 7 rings (SSSR count). The first-order chi connectivity index (χ1) is 17.5. The largest absolute Gasteiger partial charge is 0.469 e. The standard InChI is InChI=1S/C26H36N6O5/c1-13-20(25(2,3)4)22(31-32(13)24(33)34)27-18-7-19(37-17-11-36-12-17)29-23(28-18)30-21-15-5-14-6-16(21)10-26(35,8-14)9-15/h7,14-17,21,35H,5-6,8-12H2,1-4H3,(H,33,34)(H2,27,28,29,30,31). The number of hydrogen-bond donors (Lipinski definition) is 4. The van der Waals surface area contributed by atoms with E-state index in [1.165, 1.54) is 0 Å². The van der Waals surface area contributed by atoms with Crippen LogP contribution in [0.2, 0.25) is 0 Å². The lowest BCUT2D eigenvalue weighted by atomic mass is 9.52. The van der Waals surface area contributed by atoms with Crippen LogP contribution in [0.5, 0.6) is 5.88 Å². The monoisotopic (exact) mass is 512 g/mol. The summed E-state index contributed by atoms with van der Waals surface area (Å²) in [7, 11) is 0. The Labute approximate surface area is 216 Å². The zero-order chi connectivity index (χ0) is 26.1. The van der Waals surface area contributed by atoms with Gasteiger partial charge in [0.1, 0.15) is 11.9 Å². The van der Waals surface area contributed by atoms with Gasteiger partial charge in [-0.2, -0.15) is 14.6 Å². The Bertz CT molecular complexity index is 1200. The number of aromatic nitrogens is 4. The third-order valence-corrected chi connectivity index (χ3v) is 8.43. The molecular weight excluding hydrogens is 476 g/mol. The normalized spacial score (nSPS) is 30.7. The van der Waals surface area contributed by atoms with Crippen LogP contribution in [-0.2, 0) is 10.2 Å². The summed E-state index contributed by atoms with van der Waals surface area (Å²) in [4.78, 5) is 21.2. The molecule has 0 radical (unpaired) electrons. The minimum atomic E-state index is -1.14. The fourth-order valence-corrected chi connectivity index (χ4v) is 7.23. The second-order valence-electron chi connectivity index (χ2n) is 12.4. The van der Waals surface area contributed by atoms with Crippen LogP contribution in [0.25, 0.3) is 0 Å². The van der Waals surface area contributed by atoms with Crippen molar-refractivity contribution >= 4 is 23.7 Å². The van der Waals surface area contributed by atoms with Crippen molar-refractivity contribution in [3.8, 4) is 5.88 Å². The van der Waals surface area contributed by atoms with Crippen LogP contribution in [0, 0.1) is 24.7 Å². The van der Waals surface area contributed by atoms with E-state index in [-0.39, 0.29) is 17.6 Å². The molecule has 2 aromatic heterocycles. The highest BCUT2D eigenvalue weighted by atomic mass is 16.6. The first-order valence-electron chi connectivity index (χ1n) is 13.2. The van der Waals surface area contributed by atoms with E-state index in [0.717, 1.165) is 42.3 Å². The van der Waals surface area contributed by atoms with Gasteiger partial charge in [-0.3, -0.25) is 0 Å². The van der Waals surface area contributed by atoms with Crippen LogP contribution in [0.4, 0.5) is 22.4 Å². The minimum absolute atomic E-state index is 0.0652. The van der Waals surface area contributed by atoms with Gasteiger partial charge in [0.15, 0.2) is 5.82 Å². The number of nitrogens with one attached hydrogen (secondary N) is 2. The maximum Gasteiger partial charge on any atom is 0.432 e. The van der Waals surface area contributed by atoms with Crippen molar-refractivity contribution < 1.29 is 24.5 Å². The van der Waals surface area contributed by atoms with Crippen molar-refractivity contribution in [2.45, 2.75) is 83.0 Å². The molecule has 5 aliphatic rings. The molecule has 4 aliphatic carbocycles. The first kappa shape index (κ1) is 24.4. The van der Waals surface area contributed by atoms with Crippen molar-refractivity contribution in [3.05, 3.63) is 17.3 Å². The van der Waals surface area contributed by atoms with Gasteiger partial charge in [-0.25, -0.2) is 4.79 Å². The van der Waals surface area contributed by atoms with E-state index in [4.69, 9.17) is 14.5 Å². The van der Waals surface area contributed by atoms with Gasteiger partial charge in [0, 0.05) is 17.7 Å². The maximum atomic E-state index is 11.8. The molecule has 11 nitrogen and oxygen atoms in total. The Morgan fingerprint density at radius 2 is 1.89 bits per heavy atom. The Hall–Kier alpha value is -2.92. The van der Waals surface area contributed by atoms with Crippen LogP contribution in [-0.4, -0.2) is 67.0 Å². The summed E-state index contributed by atoms with van der Waals surface area (Å²) in [6, 6.07) is 1.91. The van der Waals surface area contributed by atoms with Gasteiger partial charge in [-0.05, 0) is 62.2 Å². The molecule has 2 atom stereocenters. The average molecular weight is 513 g/mol. The number of aliphatic hydroxyl groups is 1. The summed E-state index contributed by atoms with van der Waals surface area (Å²) in [6.07, 6.45) is 3.61. The lowest BCUT2D eigenvalue weighted by Gasteiger charge is -2.58. The molecule has 4 saturated carbocycles. The van der Waals surface area contributed by atoms with Gasteiger partial charge in [-0.1, -0.05) is 20.8 Å². The molecule has 5 fully saturated rings. The van der Waals surface area contributed by atoms with E-state index in [9.17, 15) is 15.0 Å². The minimum Gasteiger partial charge on any atom is -0.469 e. The highest BCUT2D eigenvalue weighted by Gasteiger charge is 2.54. The smallest absolute Gasteiger partial charge is 0.432 e. The highest BCUT2D eigenvalue weighted by Crippen LogP contribution is 2.56. The molecule has 1 aliphatic heterocycles. The van der Waals surface area contributed by atoms with Crippen LogP contribution < -0.4 is 15.4 Å². The number of rotatable bonds is 6. The quantitative estimate of drug-likeness (QED) is 0.452. The Balaban J connectivity index is 1.32. The molecule has 200 valence electrons. The molecule has 0 amide bonds. The fraction of sp³-hybridized carbons (Fsp3) is 0.692. The van der Waals surface area contributed by atoms with E-state index in [2.05, 4.69) is 20.7 Å². The molecule has 2 aromatic rings. The predicted octanol–water partition coefficient (Wildman–Crippen LogP) is 3.68. The lowest BCUT2D eigenvalue weighted by Crippen LogP contribution is -2.59. The van der Waals surface area contributed by atoms with Crippen LogP contribution in [0.15, 0.2) is 6.07 Å². The Morgan fingerprint density at radius 3 is 2.46 bits per heavy atom. The molecule has 0 spiro atoms. The summed E-state index contributed by atoms with van der Waals surface area (Å²) in [5, 5.41) is 31.8. The number of hydrogen-bond acceptors (Lipinski definition) is 9. The second-order valence-corrected chi connectivity index (χ2v) is 12.4. The van der Waals surface area contributed by atoms with Crippen molar-refractivity contribution in [1.29, 1.82) is 0 Å². The maximum absolute atomic E-state index is 11.8. The van der Waals surface area contributed by atoms with E-state index in [1.807, 2.05) is 20.8 Å².